The van der Waals surface area contributed by atoms with Gasteiger partial charge in [0.25, 0.3) is 5.91 Å². The van der Waals surface area contributed by atoms with Crippen molar-refractivity contribution in [2.24, 2.45) is 11.8 Å². The number of amides is 1. The first-order valence-corrected chi connectivity index (χ1v) is 8.38. The minimum Gasteiger partial charge on any atom is -0.492 e. The fourth-order valence-electron chi connectivity index (χ4n) is 3.46. The highest BCUT2D eigenvalue weighted by atomic mass is 16.5. The Balaban J connectivity index is 2.02. The number of ether oxygens (including phenoxy) is 1. The molecule has 0 aliphatic carbocycles. The van der Waals surface area contributed by atoms with E-state index in [1.807, 2.05) is 38.1 Å². The van der Waals surface area contributed by atoms with Crippen LogP contribution in [0.15, 0.2) is 24.3 Å². The lowest BCUT2D eigenvalue weighted by Gasteiger charge is -2.35. The molecular weight excluding hydrogens is 276 g/mol. The molecule has 122 valence electrons. The molecule has 1 aliphatic rings. The maximum absolute atomic E-state index is 12.6. The van der Waals surface area contributed by atoms with E-state index < -0.39 is 0 Å². The summed E-state index contributed by atoms with van der Waals surface area (Å²) < 4.78 is 5.58. The quantitative estimate of drug-likeness (QED) is 0.873. The normalized spacial score (nSPS) is 26.3. The Hall–Kier alpha value is -1.55. The molecular formula is C18H29N2O2+. The van der Waals surface area contributed by atoms with Crippen molar-refractivity contribution in [3.05, 3.63) is 24.3 Å². The largest absolute Gasteiger partial charge is 0.492 e. The van der Waals surface area contributed by atoms with Gasteiger partial charge in [-0.2, -0.15) is 0 Å². The van der Waals surface area contributed by atoms with Gasteiger partial charge in [0, 0.05) is 11.8 Å². The highest BCUT2D eigenvalue weighted by molar-refractivity contribution is 5.94. The minimum atomic E-state index is -0.0418. The van der Waals surface area contributed by atoms with Gasteiger partial charge in [0.15, 0.2) is 6.04 Å². The third-order valence-electron chi connectivity index (χ3n) is 4.48. The first kappa shape index (κ1) is 16.8. The molecule has 1 aliphatic heterocycles. The van der Waals surface area contributed by atoms with Crippen LogP contribution in [0.2, 0.25) is 0 Å². The number of anilines is 1. The Morgan fingerprint density at radius 3 is 2.59 bits per heavy atom. The molecule has 1 amide bonds. The van der Waals surface area contributed by atoms with Gasteiger partial charge in [-0.15, -0.1) is 0 Å². The molecule has 0 radical (unpaired) electrons. The third kappa shape index (κ3) is 4.23. The summed E-state index contributed by atoms with van der Waals surface area (Å²) in [6, 6.07) is 7.58. The van der Waals surface area contributed by atoms with E-state index in [9.17, 15) is 4.79 Å². The number of benzene rings is 1. The van der Waals surface area contributed by atoms with Gasteiger partial charge in [0.05, 0.1) is 25.4 Å². The zero-order valence-electron chi connectivity index (χ0n) is 14.2. The van der Waals surface area contributed by atoms with Crippen LogP contribution in [0.5, 0.6) is 5.75 Å². The number of carbonyl (C=O) groups is 1. The van der Waals surface area contributed by atoms with Gasteiger partial charge in [-0.1, -0.05) is 26.0 Å². The highest BCUT2D eigenvalue weighted by Gasteiger charge is 2.32. The summed E-state index contributed by atoms with van der Waals surface area (Å²) in [5.74, 6) is 2.18. The van der Waals surface area contributed by atoms with Crippen molar-refractivity contribution < 1.29 is 14.4 Å². The van der Waals surface area contributed by atoms with E-state index in [1.165, 1.54) is 11.3 Å². The summed E-state index contributed by atoms with van der Waals surface area (Å²) in [5.41, 5.74) is 0.763. The number of carbonyl (C=O) groups excluding carboxylic acids is 1. The van der Waals surface area contributed by atoms with Crippen molar-refractivity contribution in [2.45, 2.75) is 40.2 Å². The molecule has 1 aromatic carbocycles. The molecule has 1 saturated heterocycles. The molecule has 0 spiro atoms. The number of rotatable bonds is 5. The van der Waals surface area contributed by atoms with E-state index >= 15 is 0 Å². The summed E-state index contributed by atoms with van der Waals surface area (Å²) in [6.07, 6.45) is 1.27. The predicted molar refractivity (Wildman–Crippen MR) is 89.3 cm³/mol. The molecule has 4 nitrogen and oxygen atoms in total. The summed E-state index contributed by atoms with van der Waals surface area (Å²) in [4.78, 5) is 14.0. The lowest BCUT2D eigenvalue weighted by atomic mass is 9.91. The minimum absolute atomic E-state index is 0.0418. The van der Waals surface area contributed by atoms with Crippen molar-refractivity contribution >= 4 is 11.6 Å². The van der Waals surface area contributed by atoms with Crippen LogP contribution in [0, 0.1) is 11.8 Å². The first-order chi connectivity index (χ1) is 10.5. The molecule has 2 N–H and O–H groups in total. The Labute approximate surface area is 133 Å². The summed E-state index contributed by atoms with van der Waals surface area (Å²) >= 11 is 0. The van der Waals surface area contributed by atoms with Crippen molar-refractivity contribution in [3.8, 4) is 5.75 Å². The smallest absolute Gasteiger partial charge is 0.282 e. The topological polar surface area (TPSA) is 42.8 Å². The van der Waals surface area contributed by atoms with Crippen molar-refractivity contribution in [1.29, 1.82) is 0 Å². The van der Waals surface area contributed by atoms with E-state index in [1.54, 1.807) is 0 Å². The molecule has 0 aromatic heterocycles. The van der Waals surface area contributed by atoms with Crippen LogP contribution in [0.1, 0.15) is 34.1 Å². The Kier molecular flexibility index (Phi) is 5.83. The van der Waals surface area contributed by atoms with Crippen LogP contribution in [-0.4, -0.2) is 31.6 Å². The molecule has 22 heavy (non-hydrogen) atoms. The Morgan fingerprint density at radius 2 is 1.95 bits per heavy atom. The monoisotopic (exact) mass is 305 g/mol. The Bertz CT molecular complexity index is 494. The van der Waals surface area contributed by atoms with Crippen LogP contribution >= 0.6 is 0 Å². The number of hydrogen-bond acceptors (Lipinski definition) is 2. The third-order valence-corrected chi connectivity index (χ3v) is 4.48. The molecule has 4 atom stereocenters. The molecule has 1 unspecified atom stereocenters. The van der Waals surface area contributed by atoms with Crippen molar-refractivity contribution in [3.63, 3.8) is 0 Å². The molecule has 4 heteroatoms. The molecule has 0 bridgehead atoms. The van der Waals surface area contributed by atoms with E-state index in [2.05, 4.69) is 19.2 Å². The zero-order chi connectivity index (χ0) is 16.1. The van der Waals surface area contributed by atoms with Gasteiger partial charge >= 0.3 is 0 Å². The number of piperidine rings is 1. The second-order valence-corrected chi connectivity index (χ2v) is 6.65. The fraction of sp³-hybridized carbons (Fsp3) is 0.611. The molecule has 1 fully saturated rings. The van der Waals surface area contributed by atoms with Gasteiger partial charge in [-0.3, -0.25) is 4.79 Å². The van der Waals surface area contributed by atoms with Crippen LogP contribution in [0.25, 0.3) is 0 Å². The fourth-order valence-corrected chi connectivity index (χ4v) is 3.46. The maximum Gasteiger partial charge on any atom is 0.282 e. The summed E-state index contributed by atoms with van der Waals surface area (Å²) in [5, 5.41) is 3.04. The number of quaternary nitrogens is 1. The van der Waals surface area contributed by atoms with Gasteiger partial charge in [-0.05, 0) is 32.4 Å². The SMILES string of the molecule is CCOc1ccccc1NC(=O)[C@@H](C)[NH+]1C[C@H](C)C[C@H](C)C1. The van der Waals surface area contributed by atoms with E-state index in [0.717, 1.165) is 24.5 Å². The number of nitrogens with one attached hydrogen (secondary N) is 2. The van der Waals surface area contributed by atoms with Crippen LogP contribution in [0.3, 0.4) is 0 Å². The van der Waals surface area contributed by atoms with Crippen molar-refractivity contribution in [1.82, 2.24) is 0 Å². The lowest BCUT2D eigenvalue weighted by Crippen LogP contribution is -3.18. The Morgan fingerprint density at radius 1 is 1.32 bits per heavy atom. The first-order valence-electron chi connectivity index (χ1n) is 8.38. The van der Waals surface area contributed by atoms with Crippen LogP contribution in [0.4, 0.5) is 5.69 Å². The maximum atomic E-state index is 12.6. The summed E-state index contributed by atoms with van der Waals surface area (Å²) in [6.45, 7) is 11.3. The molecule has 1 aromatic rings. The van der Waals surface area contributed by atoms with Crippen LogP contribution < -0.4 is 15.0 Å². The average molecular weight is 305 g/mol. The van der Waals surface area contributed by atoms with Crippen LogP contribution in [-0.2, 0) is 4.79 Å². The zero-order valence-corrected chi connectivity index (χ0v) is 14.2. The van der Waals surface area contributed by atoms with Gasteiger partial charge in [0.2, 0.25) is 0 Å². The average Bonchev–Trinajstić information content (AvgIpc) is 2.47. The van der Waals surface area contributed by atoms with E-state index in [-0.39, 0.29) is 11.9 Å². The lowest BCUT2D eigenvalue weighted by molar-refractivity contribution is -0.925. The molecule has 0 saturated carbocycles. The van der Waals surface area contributed by atoms with E-state index in [0.29, 0.717) is 18.4 Å². The molecule has 2 rings (SSSR count). The second kappa shape index (κ2) is 7.63. The van der Waals surface area contributed by atoms with E-state index in [4.69, 9.17) is 4.74 Å². The van der Waals surface area contributed by atoms with Crippen molar-refractivity contribution in [2.75, 3.05) is 25.0 Å². The van der Waals surface area contributed by atoms with Gasteiger partial charge in [-0.25, -0.2) is 0 Å². The summed E-state index contributed by atoms with van der Waals surface area (Å²) in [7, 11) is 0. The van der Waals surface area contributed by atoms with Gasteiger partial charge in [0.1, 0.15) is 5.75 Å². The molecule has 1 heterocycles. The number of hydrogen-bond donors (Lipinski definition) is 2. The number of para-hydroxylation sites is 2. The van der Waals surface area contributed by atoms with Gasteiger partial charge < -0.3 is 15.0 Å². The predicted octanol–water partition coefficient (Wildman–Crippen LogP) is 1.97. The second-order valence-electron chi connectivity index (χ2n) is 6.65. The standard InChI is InChI=1S/C18H28N2O2/c1-5-22-17-9-7-6-8-16(17)19-18(21)15(4)20-11-13(2)10-14(3)12-20/h6-9,13-15H,5,10-12H2,1-4H3,(H,19,21)/p+1/t13-,14+,15-/m1/s1. The highest BCUT2D eigenvalue weighted by Crippen LogP contribution is 2.23. The number of likely N-dealkylation sites (tertiary alicyclic amines) is 1.